The van der Waals surface area contributed by atoms with Crippen molar-refractivity contribution in [3.8, 4) is 0 Å². The number of anilines is 1. The number of benzene rings is 1. The lowest BCUT2D eigenvalue weighted by Crippen LogP contribution is -2.14. The number of thioether (sulfide) groups is 1. The van der Waals surface area contributed by atoms with E-state index in [-0.39, 0.29) is 17.6 Å². The molecule has 1 aromatic carbocycles. The second-order valence-corrected chi connectivity index (χ2v) is 6.32. The van der Waals surface area contributed by atoms with Crippen LogP contribution in [0, 0.1) is 0 Å². The Hall–Kier alpha value is -1.24. The fourth-order valence-electron chi connectivity index (χ4n) is 1.50. The number of aromatic amines is 1. The molecule has 2 aromatic rings. The molecule has 0 radical (unpaired) electrons. The van der Waals surface area contributed by atoms with Crippen LogP contribution in [0.2, 0.25) is 10.0 Å². The zero-order valence-electron chi connectivity index (χ0n) is 11.5. The van der Waals surface area contributed by atoms with Gasteiger partial charge in [0.25, 0.3) is 0 Å². The minimum atomic E-state index is -0.194. The van der Waals surface area contributed by atoms with Gasteiger partial charge in [0.1, 0.15) is 5.82 Å². The average Bonchev–Trinajstić information content (AvgIpc) is 2.91. The van der Waals surface area contributed by atoms with E-state index in [9.17, 15) is 4.79 Å². The second kappa shape index (κ2) is 7.15. The first-order chi connectivity index (χ1) is 9.97. The maximum absolute atomic E-state index is 11.9. The number of halogens is 2. The van der Waals surface area contributed by atoms with Crippen molar-refractivity contribution < 1.29 is 4.79 Å². The first-order valence-corrected chi connectivity index (χ1v) is 8.00. The van der Waals surface area contributed by atoms with E-state index >= 15 is 0 Å². The summed E-state index contributed by atoms with van der Waals surface area (Å²) in [6, 6.07) is 5.08. The van der Waals surface area contributed by atoms with Gasteiger partial charge in [-0.1, -0.05) is 54.9 Å². The number of amides is 1. The van der Waals surface area contributed by atoms with Crippen molar-refractivity contribution in [2.45, 2.75) is 24.9 Å². The average molecular weight is 345 g/mol. The molecular formula is C13H14Cl2N4OS. The Bertz CT molecular complexity index is 645. The summed E-state index contributed by atoms with van der Waals surface area (Å²) in [5, 5.41) is 10.9. The molecule has 21 heavy (non-hydrogen) atoms. The van der Waals surface area contributed by atoms with Gasteiger partial charge >= 0.3 is 0 Å². The van der Waals surface area contributed by atoms with Crippen LogP contribution in [0.5, 0.6) is 0 Å². The summed E-state index contributed by atoms with van der Waals surface area (Å²) in [4.78, 5) is 16.2. The number of hydrogen-bond donors (Lipinski definition) is 2. The molecule has 0 unspecified atom stereocenters. The quantitative estimate of drug-likeness (QED) is 0.805. The number of aromatic nitrogens is 3. The lowest BCUT2D eigenvalue weighted by atomic mass is 10.2. The maximum Gasteiger partial charge on any atom is 0.234 e. The second-order valence-electron chi connectivity index (χ2n) is 4.60. The Balaban J connectivity index is 1.91. The number of nitrogens with zero attached hydrogens (tertiary/aromatic N) is 2. The monoisotopic (exact) mass is 344 g/mol. The van der Waals surface area contributed by atoms with Gasteiger partial charge < -0.3 is 5.32 Å². The van der Waals surface area contributed by atoms with Crippen LogP contribution in [0.1, 0.15) is 25.6 Å². The van der Waals surface area contributed by atoms with E-state index in [0.29, 0.717) is 20.9 Å². The highest BCUT2D eigenvalue weighted by atomic mass is 35.5. The molecule has 1 amide bonds. The smallest absolute Gasteiger partial charge is 0.234 e. The minimum absolute atomic E-state index is 0.193. The maximum atomic E-state index is 11.9. The van der Waals surface area contributed by atoms with E-state index in [0.717, 1.165) is 5.82 Å². The van der Waals surface area contributed by atoms with Gasteiger partial charge in [0.15, 0.2) is 0 Å². The largest absolute Gasteiger partial charge is 0.324 e. The molecule has 5 nitrogen and oxygen atoms in total. The van der Waals surface area contributed by atoms with Gasteiger partial charge in [0.2, 0.25) is 11.1 Å². The lowest BCUT2D eigenvalue weighted by Gasteiger charge is -2.07. The van der Waals surface area contributed by atoms with Gasteiger partial charge in [-0.3, -0.25) is 9.89 Å². The van der Waals surface area contributed by atoms with Crippen molar-refractivity contribution in [1.82, 2.24) is 15.2 Å². The van der Waals surface area contributed by atoms with Crippen molar-refractivity contribution in [2.24, 2.45) is 0 Å². The molecule has 0 spiro atoms. The molecule has 8 heteroatoms. The van der Waals surface area contributed by atoms with Crippen molar-refractivity contribution in [2.75, 3.05) is 11.1 Å². The summed E-state index contributed by atoms with van der Waals surface area (Å²) >= 11 is 13.2. The van der Waals surface area contributed by atoms with E-state index in [1.165, 1.54) is 11.8 Å². The van der Waals surface area contributed by atoms with Crippen molar-refractivity contribution in [3.05, 3.63) is 34.1 Å². The van der Waals surface area contributed by atoms with Gasteiger partial charge in [-0.15, -0.1) is 5.10 Å². The molecular weight excluding hydrogens is 331 g/mol. The molecule has 0 aliphatic rings. The lowest BCUT2D eigenvalue weighted by molar-refractivity contribution is -0.113. The van der Waals surface area contributed by atoms with E-state index in [4.69, 9.17) is 23.2 Å². The SMILES string of the molecule is CC(C)c1nc(SCC(=O)Nc2cccc(Cl)c2Cl)n[nH]1. The number of nitrogens with one attached hydrogen (secondary N) is 2. The van der Waals surface area contributed by atoms with Crippen LogP contribution in [-0.4, -0.2) is 26.8 Å². The molecule has 1 aromatic heterocycles. The van der Waals surface area contributed by atoms with E-state index in [1.54, 1.807) is 18.2 Å². The molecule has 0 fully saturated rings. The Morgan fingerprint density at radius 1 is 1.43 bits per heavy atom. The molecule has 2 rings (SSSR count). The van der Waals surface area contributed by atoms with Gasteiger partial charge in [-0.05, 0) is 12.1 Å². The Kier molecular flexibility index (Phi) is 5.50. The summed E-state index contributed by atoms with van der Waals surface area (Å²) in [6.07, 6.45) is 0. The number of carbonyl (C=O) groups excluding carboxylic acids is 1. The summed E-state index contributed by atoms with van der Waals surface area (Å²) in [6.45, 7) is 4.03. The highest BCUT2D eigenvalue weighted by molar-refractivity contribution is 7.99. The molecule has 0 aliphatic heterocycles. The summed E-state index contributed by atoms with van der Waals surface area (Å²) in [7, 11) is 0. The highest BCUT2D eigenvalue weighted by Crippen LogP contribution is 2.29. The van der Waals surface area contributed by atoms with E-state index in [2.05, 4.69) is 20.5 Å². The molecule has 0 bridgehead atoms. The van der Waals surface area contributed by atoms with E-state index < -0.39 is 0 Å². The predicted octanol–water partition coefficient (Wildman–Crippen LogP) is 3.97. The fraction of sp³-hybridized carbons (Fsp3) is 0.308. The van der Waals surface area contributed by atoms with Crippen molar-refractivity contribution >= 4 is 46.6 Å². The highest BCUT2D eigenvalue weighted by Gasteiger charge is 2.11. The molecule has 1 heterocycles. The van der Waals surface area contributed by atoms with Crippen molar-refractivity contribution in [1.29, 1.82) is 0 Å². The minimum Gasteiger partial charge on any atom is -0.324 e. The van der Waals surface area contributed by atoms with Crippen molar-refractivity contribution in [3.63, 3.8) is 0 Å². The van der Waals surface area contributed by atoms with Crippen LogP contribution in [0.4, 0.5) is 5.69 Å². The predicted molar refractivity (Wildman–Crippen MR) is 86.3 cm³/mol. The number of carbonyl (C=O) groups is 1. The summed E-state index contributed by atoms with van der Waals surface area (Å²) < 4.78 is 0. The van der Waals surface area contributed by atoms with Crippen LogP contribution in [0.25, 0.3) is 0 Å². The summed E-state index contributed by atoms with van der Waals surface area (Å²) in [5.41, 5.74) is 0.493. The van der Waals surface area contributed by atoms with Gasteiger partial charge in [0.05, 0.1) is 21.5 Å². The topological polar surface area (TPSA) is 70.7 Å². The molecule has 0 atom stereocenters. The number of hydrogen-bond acceptors (Lipinski definition) is 4. The molecule has 0 saturated heterocycles. The fourth-order valence-corrected chi connectivity index (χ4v) is 2.45. The number of H-pyrrole nitrogens is 1. The van der Waals surface area contributed by atoms with Crippen LogP contribution in [0.15, 0.2) is 23.4 Å². The Labute approximate surface area is 136 Å². The third-order valence-electron chi connectivity index (χ3n) is 2.59. The van der Waals surface area contributed by atoms with Crippen LogP contribution in [0.3, 0.4) is 0 Å². The molecule has 0 saturated carbocycles. The Morgan fingerprint density at radius 3 is 2.86 bits per heavy atom. The third-order valence-corrected chi connectivity index (χ3v) is 4.25. The van der Waals surface area contributed by atoms with Crippen LogP contribution < -0.4 is 5.32 Å². The Morgan fingerprint density at radius 2 is 2.19 bits per heavy atom. The zero-order valence-corrected chi connectivity index (χ0v) is 13.8. The van der Waals surface area contributed by atoms with E-state index in [1.807, 2.05) is 13.8 Å². The standard InChI is InChI=1S/C13H14Cl2N4OS/c1-7(2)12-17-13(19-18-12)21-6-10(20)16-9-5-3-4-8(14)11(9)15/h3-5,7H,6H2,1-2H3,(H,16,20)(H,17,18,19). The van der Waals surface area contributed by atoms with Crippen LogP contribution in [-0.2, 0) is 4.79 Å². The normalized spacial score (nSPS) is 10.9. The first kappa shape index (κ1) is 16.1. The number of rotatable bonds is 5. The molecule has 112 valence electrons. The van der Waals surface area contributed by atoms with Gasteiger partial charge in [-0.2, -0.15) is 0 Å². The summed E-state index contributed by atoms with van der Waals surface area (Å²) in [5.74, 6) is 1.07. The van der Waals surface area contributed by atoms with Crippen LogP contribution >= 0.6 is 35.0 Å². The molecule has 2 N–H and O–H groups in total. The van der Waals surface area contributed by atoms with Gasteiger partial charge in [0, 0.05) is 5.92 Å². The third kappa shape index (κ3) is 4.36. The first-order valence-electron chi connectivity index (χ1n) is 6.26. The van der Waals surface area contributed by atoms with Gasteiger partial charge in [-0.25, -0.2) is 4.98 Å². The zero-order chi connectivity index (χ0) is 15.4. The molecule has 0 aliphatic carbocycles.